The fourth-order valence-electron chi connectivity index (χ4n) is 6.55. The third kappa shape index (κ3) is 7.82. The number of hydrogen-bond acceptors (Lipinski definition) is 6. The van der Waals surface area contributed by atoms with Gasteiger partial charge in [-0.1, -0.05) is 63.8 Å². The lowest BCUT2D eigenvalue weighted by molar-refractivity contribution is -0.259. The molecule has 1 aliphatic heterocycles. The Morgan fingerprint density at radius 2 is 2.00 bits per heavy atom. The molecule has 1 aromatic heterocycles. The number of benzene rings is 2. The number of nitrogens with zero attached hydrogens (tertiary/aromatic N) is 2. The van der Waals surface area contributed by atoms with Gasteiger partial charge >= 0.3 is 0 Å². The molecule has 4 rings (SSSR count). The van der Waals surface area contributed by atoms with Crippen LogP contribution in [0, 0.1) is 16.7 Å². The van der Waals surface area contributed by atoms with Crippen LogP contribution in [0.1, 0.15) is 64.3 Å². The molecule has 3 N–H and O–H groups in total. The third-order valence-corrected chi connectivity index (χ3v) is 8.77. The van der Waals surface area contributed by atoms with Gasteiger partial charge in [-0.25, -0.2) is 10.3 Å². The standard InChI is InChI=1S/C37H50N4O4/c1-8-28(23-44-7)33(22-38)35-32(21-37(5,6)24-45-43)31-20-30(15-16-34(31)40(35)9-2)29-14-10-13-27(19-29)18-25(3)36(42)41-17-11-12-26(4)39-41/h8,10,13-16,19-20,22,25-26,38-39,43H,1,9,11-12,17-18,21,23-24H2,2-7H3/b33-28-,38-22?/t25?,26-/m1/s1. The number of carbonyl (C=O) groups excluding carboxylic acids is 1. The predicted molar refractivity (Wildman–Crippen MR) is 183 cm³/mol. The van der Waals surface area contributed by atoms with Gasteiger partial charge in [-0.05, 0) is 84.9 Å². The van der Waals surface area contributed by atoms with E-state index >= 15 is 0 Å². The predicted octanol–water partition coefficient (Wildman–Crippen LogP) is 7.32. The van der Waals surface area contributed by atoms with Crippen LogP contribution < -0.4 is 5.43 Å². The average molecular weight is 615 g/mol. The van der Waals surface area contributed by atoms with Gasteiger partial charge in [0.1, 0.15) is 0 Å². The maximum absolute atomic E-state index is 13.2. The van der Waals surface area contributed by atoms with Crippen LogP contribution in [0.15, 0.2) is 60.7 Å². The highest BCUT2D eigenvalue weighted by Gasteiger charge is 2.28. The number of carbonyl (C=O) groups is 1. The largest absolute Gasteiger partial charge is 0.380 e. The molecule has 0 spiro atoms. The van der Waals surface area contributed by atoms with E-state index < -0.39 is 0 Å². The summed E-state index contributed by atoms with van der Waals surface area (Å²) in [6, 6.07) is 15.3. The van der Waals surface area contributed by atoms with Crippen LogP contribution in [-0.2, 0) is 33.8 Å². The summed E-state index contributed by atoms with van der Waals surface area (Å²) in [5.74, 6) is 0.00471. The molecule has 8 nitrogen and oxygen atoms in total. The van der Waals surface area contributed by atoms with E-state index in [-0.39, 0.29) is 23.8 Å². The summed E-state index contributed by atoms with van der Waals surface area (Å²) in [5, 5.41) is 20.7. The Kier molecular flexibility index (Phi) is 11.6. The lowest BCUT2D eigenvalue weighted by Gasteiger charge is -2.33. The third-order valence-electron chi connectivity index (χ3n) is 8.77. The minimum atomic E-state index is -0.376. The van der Waals surface area contributed by atoms with Crippen molar-refractivity contribution in [2.45, 2.75) is 72.9 Å². The van der Waals surface area contributed by atoms with Crippen molar-refractivity contribution in [1.82, 2.24) is 15.0 Å². The van der Waals surface area contributed by atoms with Gasteiger partial charge in [0, 0.05) is 54.8 Å². The van der Waals surface area contributed by atoms with Crippen molar-refractivity contribution in [2.24, 2.45) is 11.3 Å². The highest BCUT2D eigenvalue weighted by molar-refractivity contribution is 6.12. The molecule has 0 saturated carbocycles. The molecule has 1 fully saturated rings. The molecule has 2 aromatic carbocycles. The van der Waals surface area contributed by atoms with E-state index in [0.717, 1.165) is 69.4 Å². The molecule has 242 valence electrons. The second-order valence-corrected chi connectivity index (χ2v) is 13.1. The van der Waals surface area contributed by atoms with Crippen molar-refractivity contribution < 1.29 is 19.7 Å². The molecule has 3 aromatic rings. The second kappa shape index (κ2) is 15.1. The highest BCUT2D eigenvalue weighted by Crippen LogP contribution is 2.38. The first kappa shape index (κ1) is 34.3. The number of aryl methyl sites for hydroxylation is 1. The summed E-state index contributed by atoms with van der Waals surface area (Å²) in [5.41, 5.74) is 11.0. The van der Waals surface area contributed by atoms with E-state index in [4.69, 9.17) is 10.1 Å². The van der Waals surface area contributed by atoms with Crippen molar-refractivity contribution >= 4 is 28.6 Å². The Labute approximate surface area is 268 Å². The van der Waals surface area contributed by atoms with E-state index in [0.29, 0.717) is 32.0 Å². The summed E-state index contributed by atoms with van der Waals surface area (Å²) in [6.07, 6.45) is 6.55. The van der Waals surface area contributed by atoms with Gasteiger partial charge in [0.25, 0.3) is 0 Å². The minimum Gasteiger partial charge on any atom is -0.380 e. The monoisotopic (exact) mass is 614 g/mol. The maximum Gasteiger partial charge on any atom is 0.239 e. The van der Waals surface area contributed by atoms with E-state index in [1.165, 1.54) is 6.21 Å². The summed E-state index contributed by atoms with van der Waals surface area (Å²) < 4.78 is 7.73. The highest BCUT2D eigenvalue weighted by atomic mass is 17.1. The summed E-state index contributed by atoms with van der Waals surface area (Å²) >= 11 is 0. The molecule has 1 aliphatic rings. The molecule has 1 saturated heterocycles. The van der Waals surface area contributed by atoms with E-state index in [1.807, 2.05) is 6.92 Å². The Morgan fingerprint density at radius 3 is 2.64 bits per heavy atom. The molecule has 2 heterocycles. The van der Waals surface area contributed by atoms with E-state index in [9.17, 15) is 10.1 Å². The summed E-state index contributed by atoms with van der Waals surface area (Å²) in [4.78, 5) is 17.8. The van der Waals surface area contributed by atoms with Gasteiger partial charge < -0.3 is 14.7 Å². The quantitative estimate of drug-likeness (QED) is 0.0765. The molecule has 1 unspecified atom stereocenters. The van der Waals surface area contributed by atoms with Gasteiger partial charge in [0.2, 0.25) is 5.91 Å². The van der Waals surface area contributed by atoms with Gasteiger partial charge in [-0.3, -0.25) is 15.1 Å². The topological polar surface area (TPSA) is 99.8 Å². The van der Waals surface area contributed by atoms with Crippen LogP contribution in [0.3, 0.4) is 0 Å². The van der Waals surface area contributed by atoms with Gasteiger partial charge in [0.15, 0.2) is 0 Å². The zero-order valence-corrected chi connectivity index (χ0v) is 27.8. The van der Waals surface area contributed by atoms with Crippen molar-refractivity contribution in [3.8, 4) is 11.1 Å². The maximum atomic E-state index is 13.2. The second-order valence-electron chi connectivity index (χ2n) is 13.1. The number of hydrogen-bond donors (Lipinski definition) is 3. The van der Waals surface area contributed by atoms with Gasteiger partial charge in [-0.2, -0.15) is 0 Å². The van der Waals surface area contributed by atoms with Crippen LogP contribution in [0.4, 0.5) is 0 Å². The van der Waals surface area contributed by atoms with Crippen molar-refractivity contribution in [2.75, 3.05) is 26.9 Å². The summed E-state index contributed by atoms with van der Waals surface area (Å²) in [7, 11) is 1.64. The number of rotatable bonds is 14. The SMILES string of the molecule is C=C/C(COC)=C(\C=N)c1c(CC(C)(C)COO)c2cc(-c3cccc(CC(C)C(=O)N4CCC[C@@H](C)N4)c3)ccc2n1CC. The van der Waals surface area contributed by atoms with Gasteiger partial charge in [0.05, 0.1) is 18.9 Å². The van der Waals surface area contributed by atoms with Crippen molar-refractivity contribution in [1.29, 1.82) is 5.41 Å². The summed E-state index contributed by atoms with van der Waals surface area (Å²) in [6.45, 7) is 16.4. The minimum absolute atomic E-state index is 0.137. The van der Waals surface area contributed by atoms with E-state index in [1.54, 1.807) is 18.2 Å². The number of methoxy groups -OCH3 is 1. The average Bonchev–Trinajstić information content (AvgIpc) is 3.32. The lowest BCUT2D eigenvalue weighted by atomic mass is 9.84. The molecule has 0 bridgehead atoms. The molecule has 0 aliphatic carbocycles. The Balaban J connectivity index is 1.79. The van der Waals surface area contributed by atoms with E-state index in [2.05, 4.69) is 91.6 Å². The van der Waals surface area contributed by atoms with Gasteiger partial charge in [-0.15, -0.1) is 0 Å². The zero-order valence-electron chi connectivity index (χ0n) is 27.8. The first-order valence-corrected chi connectivity index (χ1v) is 16.0. The first-order valence-electron chi connectivity index (χ1n) is 16.0. The Morgan fingerprint density at radius 1 is 1.24 bits per heavy atom. The number of nitrogens with one attached hydrogen (secondary N) is 2. The molecule has 1 amide bonds. The van der Waals surface area contributed by atoms with Crippen LogP contribution in [-0.4, -0.2) is 59.9 Å². The number of aromatic nitrogens is 1. The Hall–Kier alpha value is -3.56. The van der Waals surface area contributed by atoms with Crippen LogP contribution >= 0.6 is 0 Å². The molecule has 45 heavy (non-hydrogen) atoms. The molecular formula is C37H50N4O4. The fraction of sp³-hybridized carbons (Fsp3) is 0.459. The van der Waals surface area contributed by atoms with Crippen molar-refractivity contribution in [3.05, 3.63) is 77.5 Å². The molecule has 2 atom stereocenters. The number of fused-ring (bicyclic) bond motifs is 1. The zero-order chi connectivity index (χ0) is 32.7. The molecule has 8 heteroatoms. The fourth-order valence-corrected chi connectivity index (χ4v) is 6.55. The number of allylic oxidation sites excluding steroid dienone is 1. The number of hydrazine groups is 1. The number of ether oxygens (including phenoxy) is 1. The molecule has 0 radical (unpaired) electrons. The normalized spacial score (nSPS) is 16.9. The number of amides is 1. The smallest absolute Gasteiger partial charge is 0.239 e. The van der Waals surface area contributed by atoms with Crippen LogP contribution in [0.25, 0.3) is 27.6 Å². The van der Waals surface area contributed by atoms with Crippen LogP contribution in [0.5, 0.6) is 0 Å². The molecular weight excluding hydrogens is 564 g/mol. The first-order chi connectivity index (χ1) is 21.6. The van der Waals surface area contributed by atoms with Crippen LogP contribution in [0.2, 0.25) is 0 Å². The van der Waals surface area contributed by atoms with Crippen molar-refractivity contribution in [3.63, 3.8) is 0 Å². The Bertz CT molecular complexity index is 1550. The lowest BCUT2D eigenvalue weighted by Crippen LogP contribution is -2.52.